The van der Waals surface area contributed by atoms with Gasteiger partial charge in [0.25, 0.3) is 11.1 Å². The minimum absolute atomic E-state index is 0.0724. The van der Waals surface area contributed by atoms with Gasteiger partial charge in [-0.05, 0) is 49.2 Å². The summed E-state index contributed by atoms with van der Waals surface area (Å²) in [4.78, 5) is 59.5. The molecule has 6 rings (SSSR count). The number of nitrogens with one attached hydrogen (secondary N) is 2. The number of nitrogens with zero attached hydrogens (tertiary/aromatic N) is 6. The summed E-state index contributed by atoms with van der Waals surface area (Å²) in [5, 5.41) is 31.6. The number of benzene rings is 2. The van der Waals surface area contributed by atoms with Crippen molar-refractivity contribution < 1.29 is 19.8 Å². The highest BCUT2D eigenvalue weighted by Gasteiger charge is 2.18. The van der Waals surface area contributed by atoms with Crippen molar-refractivity contribution in [2.24, 2.45) is 10.2 Å². The molecular weight excluding hydrogens is 640 g/mol. The van der Waals surface area contributed by atoms with Gasteiger partial charge in [-0.25, -0.2) is 30.0 Å². The predicted octanol–water partition coefficient (Wildman–Crippen LogP) is 3.66. The summed E-state index contributed by atoms with van der Waals surface area (Å²) in [6.45, 7) is 0. The van der Waals surface area contributed by atoms with Crippen molar-refractivity contribution >= 4 is 45.8 Å². The molecule has 0 aliphatic carbocycles. The first-order chi connectivity index (χ1) is 24.3. The van der Waals surface area contributed by atoms with Crippen LogP contribution in [0.3, 0.4) is 0 Å². The number of amides is 2. The first kappa shape index (κ1) is 33.0. The van der Waals surface area contributed by atoms with Crippen LogP contribution in [0.25, 0.3) is 33.2 Å². The summed E-state index contributed by atoms with van der Waals surface area (Å²) in [7, 11) is 0. The Kier molecular flexibility index (Phi) is 9.79. The number of carbonyl (C=O) groups excluding carboxylic acids is 2. The van der Waals surface area contributed by atoms with E-state index in [4.69, 9.17) is 0 Å². The maximum absolute atomic E-state index is 13.1. The molecule has 0 saturated heterocycles. The van der Waals surface area contributed by atoms with E-state index in [1.54, 1.807) is 84.9 Å². The Morgan fingerprint density at radius 2 is 0.980 bits per heavy atom. The number of pyridine rings is 4. The highest BCUT2D eigenvalue weighted by molar-refractivity contribution is 6.03. The van der Waals surface area contributed by atoms with Gasteiger partial charge in [0.15, 0.2) is 0 Å². The Hall–Kier alpha value is -6.96. The van der Waals surface area contributed by atoms with E-state index in [0.717, 1.165) is 9.13 Å². The number of hydrazone groups is 2. The van der Waals surface area contributed by atoms with Crippen molar-refractivity contribution in [2.45, 2.75) is 25.7 Å². The van der Waals surface area contributed by atoms with Crippen molar-refractivity contribution in [2.75, 3.05) is 0 Å². The van der Waals surface area contributed by atoms with Crippen LogP contribution in [0.5, 0.6) is 11.8 Å². The molecule has 0 unspecified atom stereocenters. The summed E-state index contributed by atoms with van der Waals surface area (Å²) in [6.07, 6.45) is 6.43. The highest BCUT2D eigenvalue weighted by Crippen LogP contribution is 2.26. The maximum Gasteiger partial charge on any atom is 0.267 e. The van der Waals surface area contributed by atoms with E-state index >= 15 is 0 Å². The third kappa shape index (κ3) is 6.85. The van der Waals surface area contributed by atoms with Crippen LogP contribution < -0.4 is 22.0 Å². The summed E-state index contributed by atoms with van der Waals surface area (Å²) in [6, 6.07) is 23.4. The molecule has 0 radical (unpaired) electrons. The molecule has 4 aromatic heterocycles. The second kappa shape index (κ2) is 14.9. The normalized spacial score (nSPS) is 11.4. The zero-order valence-electron chi connectivity index (χ0n) is 26.4. The second-order valence-corrected chi connectivity index (χ2v) is 11.0. The van der Waals surface area contributed by atoms with Gasteiger partial charge in [0.2, 0.25) is 23.6 Å². The van der Waals surface area contributed by atoms with E-state index in [0.29, 0.717) is 34.4 Å². The van der Waals surface area contributed by atoms with Gasteiger partial charge in [-0.2, -0.15) is 10.2 Å². The molecule has 250 valence electrons. The average molecular weight is 671 g/mol. The molecule has 2 amide bonds. The predicted molar refractivity (Wildman–Crippen MR) is 188 cm³/mol. The van der Waals surface area contributed by atoms with Gasteiger partial charge < -0.3 is 10.2 Å². The fourth-order valence-corrected chi connectivity index (χ4v) is 5.40. The molecule has 6 aromatic rings. The number of hydrogen-bond donors (Lipinski definition) is 4. The standard InChI is InChI=1S/C36H30N8O6/c45-31(41-39-21-27-23-11-1-3-13-25(23)33(47)43(35(27)49)29-15-7-9-19-37-29)17-5-6-18-32(46)42-40-22-28-24-12-2-4-14-26(24)34(48)44(36(28)50)30-16-8-10-20-38-30/h1-4,7-16,19-22,49-50H,5-6,17-18H2,(H,41,45)(H,42,46)/b39-21+,40-22+. The number of rotatable bonds is 11. The molecular formula is C36H30N8O6. The topological polar surface area (TPSA) is 193 Å². The summed E-state index contributed by atoms with van der Waals surface area (Å²) in [5.74, 6) is -1.12. The van der Waals surface area contributed by atoms with Crippen LogP contribution in [0.2, 0.25) is 0 Å². The molecule has 0 bridgehead atoms. The van der Waals surface area contributed by atoms with Crippen LogP contribution in [0.15, 0.2) is 117 Å². The van der Waals surface area contributed by atoms with Crippen LogP contribution in [-0.4, -0.2) is 53.6 Å². The number of unbranched alkanes of at least 4 members (excludes halogenated alkanes) is 1. The molecule has 4 heterocycles. The molecule has 0 aliphatic heterocycles. The molecule has 50 heavy (non-hydrogen) atoms. The van der Waals surface area contributed by atoms with Gasteiger partial charge in [-0.15, -0.1) is 0 Å². The van der Waals surface area contributed by atoms with Gasteiger partial charge in [-0.3, -0.25) is 19.2 Å². The van der Waals surface area contributed by atoms with Gasteiger partial charge in [0, 0.05) is 46.8 Å². The third-order valence-electron chi connectivity index (χ3n) is 7.79. The lowest BCUT2D eigenvalue weighted by atomic mass is 10.1. The molecule has 4 N–H and O–H groups in total. The van der Waals surface area contributed by atoms with Crippen LogP contribution in [0, 0.1) is 0 Å². The minimum atomic E-state index is -0.453. The quantitative estimate of drug-likeness (QED) is 0.0911. The largest absolute Gasteiger partial charge is 0.494 e. The molecule has 0 atom stereocenters. The zero-order valence-corrected chi connectivity index (χ0v) is 26.4. The average Bonchev–Trinajstić information content (AvgIpc) is 3.14. The Morgan fingerprint density at radius 1 is 0.600 bits per heavy atom. The van der Waals surface area contributed by atoms with Crippen molar-refractivity contribution in [3.8, 4) is 23.4 Å². The minimum Gasteiger partial charge on any atom is -0.494 e. The van der Waals surface area contributed by atoms with Crippen LogP contribution >= 0.6 is 0 Å². The van der Waals surface area contributed by atoms with Crippen molar-refractivity contribution in [3.63, 3.8) is 0 Å². The summed E-state index contributed by atoms with van der Waals surface area (Å²) >= 11 is 0. The van der Waals surface area contributed by atoms with E-state index in [-0.39, 0.29) is 47.4 Å². The number of hydrogen-bond acceptors (Lipinski definition) is 10. The summed E-state index contributed by atoms with van der Waals surface area (Å²) < 4.78 is 2.15. The van der Waals surface area contributed by atoms with Crippen molar-refractivity contribution in [3.05, 3.63) is 129 Å². The Labute approximate surface area is 283 Å². The number of aromatic hydroxyl groups is 2. The molecule has 14 nitrogen and oxygen atoms in total. The lowest BCUT2D eigenvalue weighted by Crippen LogP contribution is -2.22. The van der Waals surface area contributed by atoms with E-state index in [9.17, 15) is 29.4 Å². The third-order valence-corrected chi connectivity index (χ3v) is 7.79. The first-order valence-electron chi connectivity index (χ1n) is 15.5. The Balaban J connectivity index is 1.05. The van der Waals surface area contributed by atoms with Gasteiger partial charge in [-0.1, -0.05) is 48.5 Å². The van der Waals surface area contributed by atoms with E-state index in [2.05, 4.69) is 31.0 Å². The maximum atomic E-state index is 13.1. The van der Waals surface area contributed by atoms with Crippen LogP contribution in [0.1, 0.15) is 36.8 Å². The second-order valence-electron chi connectivity index (χ2n) is 11.0. The van der Waals surface area contributed by atoms with Crippen LogP contribution in [0.4, 0.5) is 0 Å². The molecule has 0 spiro atoms. The number of carbonyl (C=O) groups is 2. The van der Waals surface area contributed by atoms with Gasteiger partial charge >= 0.3 is 0 Å². The SMILES string of the molecule is O=C(CCCCC(=O)N/N=C/c1c(O)n(-c2ccccn2)c(=O)c2ccccc12)N/N=C/c1c(O)n(-c2ccccn2)c(=O)c2ccccc12. The van der Waals surface area contributed by atoms with Crippen molar-refractivity contribution in [1.82, 2.24) is 30.0 Å². The zero-order chi connectivity index (χ0) is 35.0. The van der Waals surface area contributed by atoms with Crippen LogP contribution in [-0.2, 0) is 9.59 Å². The number of fused-ring (bicyclic) bond motifs is 2. The molecule has 2 aromatic carbocycles. The molecule has 14 heteroatoms. The molecule has 0 saturated carbocycles. The van der Waals surface area contributed by atoms with Gasteiger partial charge in [0.05, 0.1) is 23.6 Å². The first-order valence-corrected chi connectivity index (χ1v) is 15.5. The van der Waals surface area contributed by atoms with Crippen molar-refractivity contribution in [1.29, 1.82) is 0 Å². The lowest BCUT2D eigenvalue weighted by molar-refractivity contribution is -0.123. The Morgan fingerprint density at radius 3 is 1.36 bits per heavy atom. The van der Waals surface area contributed by atoms with E-state index in [1.165, 1.54) is 24.8 Å². The monoisotopic (exact) mass is 670 g/mol. The summed E-state index contributed by atoms with van der Waals surface area (Å²) in [5.41, 5.74) is 4.37. The fraction of sp³-hybridized carbons (Fsp3) is 0.111. The molecule has 0 fully saturated rings. The smallest absolute Gasteiger partial charge is 0.267 e. The fourth-order valence-electron chi connectivity index (χ4n) is 5.40. The Bertz CT molecular complexity index is 2220. The molecule has 0 aliphatic rings. The van der Waals surface area contributed by atoms with Gasteiger partial charge in [0.1, 0.15) is 11.6 Å². The van der Waals surface area contributed by atoms with E-state index < -0.39 is 22.9 Å². The van der Waals surface area contributed by atoms with E-state index in [1.807, 2.05) is 0 Å². The lowest BCUT2D eigenvalue weighted by Gasteiger charge is -2.12. The number of aromatic nitrogens is 4. The highest BCUT2D eigenvalue weighted by atomic mass is 16.3.